The standard InChI is InChI=1S/C17H23N5OS/c1-3-21-9-11-22(12-10-21)16(23)13(2)24-17-18-15(19-20-17)14-7-5-4-6-8-14/h4-8,13H,3,9-12H2,1-2H3,(H,18,19,20). The highest BCUT2D eigenvalue weighted by Gasteiger charge is 2.26. The summed E-state index contributed by atoms with van der Waals surface area (Å²) in [5.41, 5.74) is 0.992. The Balaban J connectivity index is 1.58. The summed E-state index contributed by atoms with van der Waals surface area (Å²) < 4.78 is 0. The van der Waals surface area contributed by atoms with Gasteiger partial charge in [0.2, 0.25) is 11.1 Å². The Morgan fingerprint density at radius 3 is 2.62 bits per heavy atom. The Hall–Kier alpha value is -1.86. The van der Waals surface area contributed by atoms with Crippen LogP contribution in [0, 0.1) is 0 Å². The van der Waals surface area contributed by atoms with Crippen molar-refractivity contribution < 1.29 is 4.79 Å². The average molecular weight is 345 g/mol. The number of piperazine rings is 1. The minimum absolute atomic E-state index is 0.168. The third kappa shape index (κ3) is 3.96. The minimum Gasteiger partial charge on any atom is -0.339 e. The second kappa shape index (κ2) is 7.81. The fourth-order valence-electron chi connectivity index (χ4n) is 2.77. The van der Waals surface area contributed by atoms with E-state index in [4.69, 9.17) is 0 Å². The van der Waals surface area contributed by atoms with E-state index in [0.29, 0.717) is 5.16 Å². The van der Waals surface area contributed by atoms with Crippen molar-refractivity contribution in [1.29, 1.82) is 0 Å². The number of nitrogens with one attached hydrogen (secondary N) is 1. The van der Waals surface area contributed by atoms with Gasteiger partial charge in [-0.1, -0.05) is 49.0 Å². The van der Waals surface area contributed by atoms with Crippen molar-refractivity contribution in [3.05, 3.63) is 30.3 Å². The number of H-pyrrole nitrogens is 1. The van der Waals surface area contributed by atoms with Crippen molar-refractivity contribution in [3.63, 3.8) is 0 Å². The molecular weight excluding hydrogens is 322 g/mol. The normalized spacial score (nSPS) is 17.0. The van der Waals surface area contributed by atoms with E-state index in [0.717, 1.165) is 44.1 Å². The van der Waals surface area contributed by atoms with Gasteiger partial charge in [-0.2, -0.15) is 0 Å². The first-order valence-corrected chi connectivity index (χ1v) is 9.21. The van der Waals surface area contributed by atoms with Crippen LogP contribution < -0.4 is 0 Å². The summed E-state index contributed by atoms with van der Waals surface area (Å²) in [4.78, 5) is 21.4. The predicted molar refractivity (Wildman–Crippen MR) is 95.8 cm³/mol. The molecule has 1 aliphatic heterocycles. The summed E-state index contributed by atoms with van der Waals surface area (Å²) in [6.07, 6.45) is 0. The number of amides is 1. The van der Waals surface area contributed by atoms with Crippen LogP contribution in [-0.4, -0.2) is 68.9 Å². The molecule has 128 valence electrons. The van der Waals surface area contributed by atoms with Crippen LogP contribution >= 0.6 is 11.8 Å². The number of hydrogen-bond donors (Lipinski definition) is 1. The van der Waals surface area contributed by atoms with Gasteiger partial charge in [0.25, 0.3) is 0 Å². The van der Waals surface area contributed by atoms with Gasteiger partial charge in [0, 0.05) is 31.7 Å². The molecule has 3 rings (SSSR count). The van der Waals surface area contributed by atoms with E-state index in [-0.39, 0.29) is 11.2 Å². The first-order chi connectivity index (χ1) is 11.7. The minimum atomic E-state index is -0.183. The van der Waals surface area contributed by atoms with Gasteiger partial charge in [0.05, 0.1) is 5.25 Å². The molecule has 1 unspecified atom stereocenters. The number of carbonyl (C=O) groups excluding carboxylic acids is 1. The van der Waals surface area contributed by atoms with Gasteiger partial charge < -0.3 is 9.80 Å². The van der Waals surface area contributed by atoms with Crippen LogP contribution in [0.2, 0.25) is 0 Å². The third-order valence-corrected chi connectivity index (χ3v) is 5.22. The molecule has 6 nitrogen and oxygen atoms in total. The van der Waals surface area contributed by atoms with Crippen LogP contribution in [0.4, 0.5) is 0 Å². The lowest BCUT2D eigenvalue weighted by Gasteiger charge is -2.35. The number of carbonyl (C=O) groups is 1. The Morgan fingerprint density at radius 1 is 1.25 bits per heavy atom. The molecule has 1 amide bonds. The molecule has 0 bridgehead atoms. The Morgan fingerprint density at radius 2 is 1.96 bits per heavy atom. The Bertz CT molecular complexity index is 667. The van der Waals surface area contributed by atoms with E-state index in [1.807, 2.05) is 42.2 Å². The molecule has 0 aliphatic carbocycles. The number of aromatic nitrogens is 3. The van der Waals surface area contributed by atoms with Gasteiger partial charge in [-0.25, -0.2) is 4.98 Å². The molecule has 2 heterocycles. The predicted octanol–water partition coefficient (Wildman–Crippen LogP) is 2.12. The lowest BCUT2D eigenvalue weighted by Crippen LogP contribution is -2.50. The average Bonchev–Trinajstić information content (AvgIpc) is 3.10. The second-order valence-electron chi connectivity index (χ2n) is 5.85. The topological polar surface area (TPSA) is 65.1 Å². The Labute approximate surface area is 146 Å². The molecule has 1 N–H and O–H groups in total. The summed E-state index contributed by atoms with van der Waals surface area (Å²) in [6, 6.07) is 9.86. The molecule has 1 aromatic heterocycles. The maximum Gasteiger partial charge on any atom is 0.235 e. The summed E-state index contributed by atoms with van der Waals surface area (Å²) in [7, 11) is 0. The van der Waals surface area contributed by atoms with Crippen LogP contribution in [0.1, 0.15) is 13.8 Å². The molecule has 1 fully saturated rings. The number of thioether (sulfide) groups is 1. The van der Waals surface area contributed by atoms with Crippen molar-refractivity contribution in [2.45, 2.75) is 24.3 Å². The molecule has 1 aromatic carbocycles. The molecule has 0 saturated carbocycles. The van der Waals surface area contributed by atoms with Gasteiger partial charge in [-0.15, -0.1) is 5.10 Å². The van der Waals surface area contributed by atoms with E-state index >= 15 is 0 Å². The fraction of sp³-hybridized carbons (Fsp3) is 0.471. The van der Waals surface area contributed by atoms with Gasteiger partial charge in [0.1, 0.15) is 0 Å². The van der Waals surface area contributed by atoms with Crippen LogP contribution in [0.3, 0.4) is 0 Å². The van der Waals surface area contributed by atoms with Crippen molar-refractivity contribution in [2.75, 3.05) is 32.7 Å². The van der Waals surface area contributed by atoms with Crippen LogP contribution in [-0.2, 0) is 4.79 Å². The molecule has 7 heteroatoms. The van der Waals surface area contributed by atoms with Crippen molar-refractivity contribution in [1.82, 2.24) is 25.0 Å². The van der Waals surface area contributed by atoms with E-state index in [1.165, 1.54) is 11.8 Å². The monoisotopic (exact) mass is 345 g/mol. The molecule has 2 aromatic rings. The lowest BCUT2D eigenvalue weighted by atomic mass is 10.2. The summed E-state index contributed by atoms with van der Waals surface area (Å²) in [5.74, 6) is 0.899. The van der Waals surface area contributed by atoms with Gasteiger partial charge in [0.15, 0.2) is 5.82 Å². The number of hydrogen-bond acceptors (Lipinski definition) is 5. The summed E-state index contributed by atoms with van der Waals surface area (Å²) in [6.45, 7) is 8.66. The first kappa shape index (κ1) is 17.0. The summed E-state index contributed by atoms with van der Waals surface area (Å²) >= 11 is 1.41. The lowest BCUT2D eigenvalue weighted by molar-refractivity contribution is -0.132. The SMILES string of the molecule is CCN1CCN(C(=O)C(C)Sc2n[nH]c(-c3ccccc3)n2)CC1. The number of aromatic amines is 1. The molecule has 0 radical (unpaired) electrons. The van der Waals surface area contributed by atoms with Gasteiger partial charge in [-0.05, 0) is 13.5 Å². The maximum absolute atomic E-state index is 12.6. The molecule has 1 aliphatic rings. The van der Waals surface area contributed by atoms with Gasteiger partial charge >= 0.3 is 0 Å². The zero-order valence-electron chi connectivity index (χ0n) is 14.1. The zero-order valence-corrected chi connectivity index (χ0v) is 14.9. The van der Waals surface area contributed by atoms with E-state index in [9.17, 15) is 4.79 Å². The van der Waals surface area contributed by atoms with Gasteiger partial charge in [-0.3, -0.25) is 9.89 Å². The molecule has 1 saturated heterocycles. The quantitative estimate of drug-likeness (QED) is 0.841. The number of nitrogens with zero attached hydrogens (tertiary/aromatic N) is 4. The van der Waals surface area contributed by atoms with Crippen molar-refractivity contribution >= 4 is 17.7 Å². The van der Waals surface area contributed by atoms with E-state index in [1.54, 1.807) is 0 Å². The highest BCUT2D eigenvalue weighted by atomic mass is 32.2. The van der Waals surface area contributed by atoms with Crippen LogP contribution in [0.25, 0.3) is 11.4 Å². The molecule has 24 heavy (non-hydrogen) atoms. The zero-order chi connectivity index (χ0) is 16.9. The van der Waals surface area contributed by atoms with E-state index in [2.05, 4.69) is 27.0 Å². The van der Waals surface area contributed by atoms with Crippen molar-refractivity contribution in [3.8, 4) is 11.4 Å². The number of benzene rings is 1. The van der Waals surface area contributed by atoms with Crippen LogP contribution in [0.15, 0.2) is 35.5 Å². The van der Waals surface area contributed by atoms with Crippen molar-refractivity contribution in [2.24, 2.45) is 0 Å². The highest BCUT2D eigenvalue weighted by Crippen LogP contribution is 2.24. The molecule has 1 atom stereocenters. The maximum atomic E-state index is 12.6. The second-order valence-corrected chi connectivity index (χ2v) is 7.16. The first-order valence-electron chi connectivity index (χ1n) is 8.33. The smallest absolute Gasteiger partial charge is 0.235 e. The number of likely N-dealkylation sites (N-methyl/N-ethyl adjacent to an activating group) is 1. The third-order valence-electron chi connectivity index (χ3n) is 4.27. The largest absolute Gasteiger partial charge is 0.339 e. The molecular formula is C17H23N5OS. The van der Waals surface area contributed by atoms with Crippen LogP contribution in [0.5, 0.6) is 0 Å². The Kier molecular flexibility index (Phi) is 5.52. The number of rotatable bonds is 5. The molecule has 0 spiro atoms. The fourth-order valence-corrected chi connectivity index (χ4v) is 3.58. The highest BCUT2D eigenvalue weighted by molar-refractivity contribution is 8.00. The summed E-state index contributed by atoms with van der Waals surface area (Å²) in [5, 5.41) is 7.61. The van der Waals surface area contributed by atoms with E-state index < -0.39 is 0 Å².